The largest absolute Gasteiger partial charge is 0.402 e. The summed E-state index contributed by atoms with van der Waals surface area (Å²) in [5.74, 6) is 0.457. The minimum atomic E-state index is -4.40. The first-order valence-corrected chi connectivity index (χ1v) is 11.2. The summed E-state index contributed by atoms with van der Waals surface area (Å²) in [6.45, 7) is 0. The summed E-state index contributed by atoms with van der Waals surface area (Å²) >= 11 is 6.10. The molecular weight excluding hydrogens is 465 g/mol. The number of nitrogens with one attached hydrogen (secondary N) is 1. The molecule has 1 saturated heterocycles. The van der Waals surface area contributed by atoms with Crippen molar-refractivity contribution in [2.24, 2.45) is 0 Å². The number of aliphatic hydroxyl groups excluding tert-OH is 2. The molecule has 2 fully saturated rings. The molecular formula is C16H22ClN5NaO7S. The first kappa shape index (κ1) is 25.0. The van der Waals surface area contributed by atoms with Gasteiger partial charge in [-0.15, -0.1) is 0 Å². The Kier molecular flexibility index (Phi) is 8.17. The summed E-state index contributed by atoms with van der Waals surface area (Å²) in [5, 5.41) is 23.9. The second-order valence-electron chi connectivity index (χ2n) is 7.19. The third-order valence-corrected chi connectivity index (χ3v) is 6.23. The van der Waals surface area contributed by atoms with Crippen LogP contribution in [-0.2, 0) is 23.5 Å². The van der Waals surface area contributed by atoms with Crippen LogP contribution in [0.1, 0.15) is 38.3 Å². The van der Waals surface area contributed by atoms with Gasteiger partial charge in [-0.1, -0.05) is 19.3 Å². The number of rotatable bonds is 6. The fourth-order valence-corrected chi connectivity index (χ4v) is 4.34. The van der Waals surface area contributed by atoms with Gasteiger partial charge >= 0.3 is 10.4 Å². The minimum absolute atomic E-state index is 0. The van der Waals surface area contributed by atoms with E-state index in [-0.39, 0.29) is 46.5 Å². The molecule has 1 aliphatic carbocycles. The fourth-order valence-electron chi connectivity index (χ4n) is 3.71. The molecule has 3 heterocycles. The van der Waals surface area contributed by atoms with E-state index in [1.807, 2.05) is 0 Å². The second-order valence-corrected chi connectivity index (χ2v) is 8.87. The van der Waals surface area contributed by atoms with Crippen molar-refractivity contribution in [1.29, 1.82) is 0 Å². The maximum Gasteiger partial charge on any atom is 0.402 e. The Morgan fingerprint density at radius 3 is 2.61 bits per heavy atom. The van der Waals surface area contributed by atoms with Crippen LogP contribution < -0.4 is 5.32 Å². The smallest absolute Gasteiger partial charge is 0.385 e. The van der Waals surface area contributed by atoms with Crippen molar-refractivity contribution < 1.29 is 31.7 Å². The molecule has 167 valence electrons. The molecule has 12 nitrogen and oxygen atoms in total. The number of aliphatic hydroxyl groups is 2. The number of fused-ring (bicyclic) bond motifs is 1. The molecule has 1 radical (unpaired) electrons. The van der Waals surface area contributed by atoms with Crippen LogP contribution in [0.15, 0.2) is 6.33 Å². The van der Waals surface area contributed by atoms with Gasteiger partial charge < -0.3 is 20.3 Å². The van der Waals surface area contributed by atoms with Gasteiger partial charge in [0.15, 0.2) is 23.2 Å². The third-order valence-electron chi connectivity index (χ3n) is 5.23. The summed E-state index contributed by atoms with van der Waals surface area (Å²) in [6, 6.07) is 0.241. The van der Waals surface area contributed by atoms with Crippen LogP contribution in [0.2, 0.25) is 5.28 Å². The average molecular weight is 487 g/mol. The van der Waals surface area contributed by atoms with Crippen molar-refractivity contribution in [1.82, 2.24) is 19.5 Å². The quantitative estimate of drug-likeness (QED) is 0.381. The minimum Gasteiger partial charge on any atom is -0.385 e. The van der Waals surface area contributed by atoms with Gasteiger partial charge in [-0.05, 0) is 24.4 Å². The second kappa shape index (κ2) is 10.1. The molecule has 4 rings (SSSR count). The van der Waals surface area contributed by atoms with Crippen LogP contribution in [0.5, 0.6) is 0 Å². The summed E-state index contributed by atoms with van der Waals surface area (Å²) in [4.78, 5) is 12.7. The zero-order valence-corrected chi connectivity index (χ0v) is 20.6. The molecule has 0 unspecified atom stereocenters. The molecule has 1 aliphatic heterocycles. The van der Waals surface area contributed by atoms with E-state index >= 15 is 0 Å². The predicted octanol–water partition coefficient (Wildman–Crippen LogP) is 0.328. The SMILES string of the molecule is COS(=O)(=O)O[C@H]1O[C@@H](n2cnc3c(NC4CCCCC4)nc(Cl)nc32)[C@H](O)[C@@H]1O.[Na]. The maximum atomic E-state index is 11.5. The van der Waals surface area contributed by atoms with Crippen LogP contribution in [0.25, 0.3) is 11.2 Å². The van der Waals surface area contributed by atoms with Crippen molar-refractivity contribution in [3.8, 4) is 0 Å². The van der Waals surface area contributed by atoms with E-state index in [4.69, 9.17) is 16.3 Å². The van der Waals surface area contributed by atoms with E-state index < -0.39 is 35.1 Å². The van der Waals surface area contributed by atoms with Gasteiger partial charge in [0.1, 0.15) is 12.2 Å². The summed E-state index contributed by atoms with van der Waals surface area (Å²) in [5.41, 5.74) is 0.656. The zero-order valence-electron chi connectivity index (χ0n) is 17.0. The number of hydrogen-bond donors (Lipinski definition) is 3. The van der Waals surface area contributed by atoms with Crippen molar-refractivity contribution >= 4 is 68.5 Å². The number of ether oxygens (including phenoxy) is 1. The number of anilines is 1. The van der Waals surface area contributed by atoms with Crippen LogP contribution in [-0.4, -0.2) is 99.4 Å². The molecule has 3 N–H and O–H groups in total. The van der Waals surface area contributed by atoms with Crippen molar-refractivity contribution in [3.63, 3.8) is 0 Å². The predicted molar refractivity (Wildman–Crippen MR) is 110 cm³/mol. The maximum absolute atomic E-state index is 11.5. The standard InChI is InChI=1S/C16H22ClN5O7S.Na/c1-27-30(25,26)29-15-11(24)10(23)14(28-15)22-7-18-9-12(20-16(17)21-13(9)22)19-8-5-3-2-4-6-8;/h7-8,10-11,14-15,23-24H,2-6H2,1H3,(H,19,20,21);/t10-,11+,14-,15-;/m1./s1. The summed E-state index contributed by atoms with van der Waals surface area (Å²) in [7, 11) is -3.51. The Balaban J connectivity index is 0.00000272. The Morgan fingerprint density at radius 1 is 1.23 bits per heavy atom. The molecule has 2 aromatic rings. The van der Waals surface area contributed by atoms with Crippen molar-refractivity contribution in [3.05, 3.63) is 11.6 Å². The van der Waals surface area contributed by atoms with Crippen LogP contribution in [0.4, 0.5) is 5.82 Å². The third kappa shape index (κ3) is 5.32. The van der Waals surface area contributed by atoms with E-state index in [9.17, 15) is 18.6 Å². The van der Waals surface area contributed by atoms with Crippen LogP contribution >= 0.6 is 11.6 Å². The van der Waals surface area contributed by atoms with E-state index in [2.05, 4.69) is 28.6 Å². The number of aromatic nitrogens is 4. The van der Waals surface area contributed by atoms with Gasteiger partial charge in [-0.3, -0.25) is 8.75 Å². The van der Waals surface area contributed by atoms with Gasteiger partial charge in [0.05, 0.1) is 13.4 Å². The van der Waals surface area contributed by atoms with Gasteiger partial charge in [0.25, 0.3) is 0 Å². The number of imidazole rings is 1. The molecule has 0 bridgehead atoms. The normalized spacial score (nSPS) is 27.4. The summed E-state index contributed by atoms with van der Waals surface area (Å²) in [6.07, 6.45) is 0.724. The van der Waals surface area contributed by atoms with E-state index in [1.54, 1.807) is 0 Å². The molecule has 0 spiro atoms. The van der Waals surface area contributed by atoms with Crippen LogP contribution in [0, 0.1) is 0 Å². The van der Waals surface area contributed by atoms with E-state index in [1.165, 1.54) is 17.3 Å². The molecule has 15 heteroatoms. The average Bonchev–Trinajstić information content (AvgIpc) is 3.25. The number of hydrogen-bond acceptors (Lipinski definition) is 11. The van der Waals surface area contributed by atoms with Gasteiger partial charge in [-0.25, -0.2) is 9.17 Å². The topological polar surface area (TPSA) is 158 Å². The molecule has 31 heavy (non-hydrogen) atoms. The molecule has 2 aliphatic rings. The molecule has 2 aromatic heterocycles. The summed E-state index contributed by atoms with van der Waals surface area (Å²) < 4.78 is 38.6. The molecule has 0 aromatic carbocycles. The van der Waals surface area contributed by atoms with E-state index in [0.717, 1.165) is 32.8 Å². The fraction of sp³-hybridized carbons (Fsp3) is 0.688. The van der Waals surface area contributed by atoms with Gasteiger partial charge in [-0.2, -0.15) is 18.4 Å². The number of halogens is 1. The Bertz CT molecular complexity index is 1020. The van der Waals surface area contributed by atoms with Gasteiger partial charge in [0, 0.05) is 35.6 Å². The van der Waals surface area contributed by atoms with Crippen molar-refractivity contribution in [2.45, 2.75) is 62.9 Å². The van der Waals surface area contributed by atoms with Gasteiger partial charge in [0.2, 0.25) is 11.6 Å². The Hall–Kier alpha value is -0.610. The Morgan fingerprint density at radius 2 is 1.94 bits per heavy atom. The zero-order chi connectivity index (χ0) is 21.5. The Labute approximate surface area is 205 Å². The van der Waals surface area contributed by atoms with Crippen LogP contribution in [0.3, 0.4) is 0 Å². The first-order valence-electron chi connectivity index (χ1n) is 9.46. The monoisotopic (exact) mass is 486 g/mol. The molecule has 4 atom stereocenters. The van der Waals surface area contributed by atoms with Crippen molar-refractivity contribution in [2.75, 3.05) is 12.4 Å². The first-order chi connectivity index (χ1) is 14.3. The molecule has 1 saturated carbocycles. The number of nitrogens with zero attached hydrogens (tertiary/aromatic N) is 4. The van der Waals surface area contributed by atoms with E-state index in [0.29, 0.717) is 11.3 Å². The molecule has 0 amide bonds.